The molecule has 0 unspecified atom stereocenters. The van der Waals surface area contributed by atoms with Gasteiger partial charge in [-0.3, -0.25) is 4.79 Å². The second kappa shape index (κ2) is 3.92. The van der Waals surface area contributed by atoms with E-state index in [0.717, 1.165) is 0 Å². The molecule has 0 atom stereocenters. The third kappa shape index (κ3) is 3.32. The molecular formula is C12H23NO. The number of hydrogen-bond acceptors (Lipinski definition) is 1. The molecule has 0 N–H and O–H groups in total. The average molecular weight is 197 g/mol. The molecule has 1 aliphatic rings. The van der Waals surface area contributed by atoms with Crippen molar-refractivity contribution in [3.05, 3.63) is 0 Å². The first-order valence-corrected chi connectivity index (χ1v) is 5.62. The van der Waals surface area contributed by atoms with Gasteiger partial charge in [0.15, 0.2) is 0 Å². The van der Waals surface area contributed by atoms with E-state index in [0.29, 0.717) is 24.4 Å². The number of carbonyl (C=O) groups excluding carboxylic acids is 1. The summed E-state index contributed by atoms with van der Waals surface area (Å²) in [6.45, 7) is 10.6. The molecule has 0 aromatic carbocycles. The molecule has 2 nitrogen and oxygen atoms in total. The third-order valence-corrected chi connectivity index (χ3v) is 2.47. The van der Waals surface area contributed by atoms with Gasteiger partial charge in [0.1, 0.15) is 0 Å². The van der Waals surface area contributed by atoms with Gasteiger partial charge >= 0.3 is 0 Å². The highest BCUT2D eigenvalue weighted by molar-refractivity contribution is 5.77. The number of amides is 1. The standard InChI is InChI=1S/C12H23NO/c1-9(2)13(10-6-7-10)11(14)8-12(3,4)5/h9-10H,6-8H2,1-5H3. The van der Waals surface area contributed by atoms with Crippen LogP contribution < -0.4 is 0 Å². The molecule has 0 aromatic rings. The first-order valence-electron chi connectivity index (χ1n) is 5.62. The van der Waals surface area contributed by atoms with Crippen molar-refractivity contribution in [3.63, 3.8) is 0 Å². The molecule has 1 rings (SSSR count). The van der Waals surface area contributed by atoms with E-state index in [1.54, 1.807) is 0 Å². The van der Waals surface area contributed by atoms with Gasteiger partial charge in [-0.25, -0.2) is 0 Å². The van der Waals surface area contributed by atoms with Gasteiger partial charge in [0, 0.05) is 18.5 Å². The highest BCUT2D eigenvalue weighted by Gasteiger charge is 2.35. The van der Waals surface area contributed by atoms with Crippen molar-refractivity contribution >= 4 is 5.91 Å². The van der Waals surface area contributed by atoms with Crippen molar-refractivity contribution in [1.29, 1.82) is 0 Å². The number of hydrogen-bond donors (Lipinski definition) is 0. The molecule has 0 aliphatic heterocycles. The largest absolute Gasteiger partial charge is 0.337 e. The molecule has 2 heteroatoms. The lowest BCUT2D eigenvalue weighted by Crippen LogP contribution is -2.40. The highest BCUT2D eigenvalue weighted by atomic mass is 16.2. The molecule has 1 aliphatic carbocycles. The topological polar surface area (TPSA) is 20.3 Å². The van der Waals surface area contributed by atoms with Crippen molar-refractivity contribution in [2.75, 3.05) is 0 Å². The highest BCUT2D eigenvalue weighted by Crippen LogP contribution is 2.31. The lowest BCUT2D eigenvalue weighted by molar-refractivity contribution is -0.135. The van der Waals surface area contributed by atoms with E-state index < -0.39 is 0 Å². The molecule has 0 aromatic heterocycles. The Balaban J connectivity index is 2.55. The van der Waals surface area contributed by atoms with Crippen LogP contribution in [0.15, 0.2) is 0 Å². The minimum atomic E-state index is 0.110. The molecule has 0 bridgehead atoms. The molecule has 0 saturated heterocycles. The Hall–Kier alpha value is -0.530. The summed E-state index contributed by atoms with van der Waals surface area (Å²) in [4.78, 5) is 14.1. The zero-order valence-electron chi connectivity index (χ0n) is 10.1. The maximum Gasteiger partial charge on any atom is 0.223 e. The summed E-state index contributed by atoms with van der Waals surface area (Å²) < 4.78 is 0. The minimum absolute atomic E-state index is 0.110. The maximum atomic E-state index is 12.0. The van der Waals surface area contributed by atoms with Crippen LogP contribution in [0, 0.1) is 5.41 Å². The Bertz CT molecular complexity index is 209. The van der Waals surface area contributed by atoms with E-state index in [4.69, 9.17) is 0 Å². The fourth-order valence-corrected chi connectivity index (χ4v) is 1.81. The Kier molecular flexibility index (Phi) is 3.23. The molecule has 0 spiro atoms. The monoisotopic (exact) mass is 197 g/mol. The predicted octanol–water partition coefficient (Wildman–Crippen LogP) is 2.82. The summed E-state index contributed by atoms with van der Waals surface area (Å²) >= 11 is 0. The first kappa shape index (κ1) is 11.5. The van der Waals surface area contributed by atoms with Gasteiger partial charge in [-0.15, -0.1) is 0 Å². The smallest absolute Gasteiger partial charge is 0.223 e. The average Bonchev–Trinajstić information content (AvgIpc) is 2.65. The molecule has 1 fully saturated rings. The van der Waals surface area contributed by atoms with Crippen molar-refractivity contribution < 1.29 is 4.79 Å². The molecular weight excluding hydrogens is 174 g/mol. The fourth-order valence-electron chi connectivity index (χ4n) is 1.81. The number of rotatable bonds is 3. The van der Waals surface area contributed by atoms with Gasteiger partial charge in [-0.05, 0) is 32.1 Å². The SMILES string of the molecule is CC(C)N(C(=O)CC(C)(C)C)C1CC1. The number of nitrogens with zero attached hydrogens (tertiary/aromatic N) is 1. The summed E-state index contributed by atoms with van der Waals surface area (Å²) in [7, 11) is 0. The normalized spacial score (nSPS) is 17.3. The summed E-state index contributed by atoms with van der Waals surface area (Å²) in [6.07, 6.45) is 3.07. The molecule has 14 heavy (non-hydrogen) atoms. The lowest BCUT2D eigenvalue weighted by atomic mass is 9.91. The molecule has 1 amide bonds. The zero-order chi connectivity index (χ0) is 10.9. The summed E-state index contributed by atoms with van der Waals surface area (Å²) in [5.74, 6) is 0.329. The van der Waals surface area contributed by atoms with Gasteiger partial charge in [-0.1, -0.05) is 20.8 Å². The van der Waals surface area contributed by atoms with Crippen molar-refractivity contribution in [3.8, 4) is 0 Å². The number of carbonyl (C=O) groups is 1. The summed E-state index contributed by atoms with van der Waals surface area (Å²) in [5, 5.41) is 0. The zero-order valence-corrected chi connectivity index (χ0v) is 10.1. The first-order chi connectivity index (χ1) is 6.31. The van der Waals surface area contributed by atoms with Crippen LogP contribution in [0.5, 0.6) is 0 Å². The summed E-state index contributed by atoms with van der Waals surface area (Å²) in [6, 6.07) is 0.905. The van der Waals surface area contributed by atoms with Gasteiger partial charge in [0.25, 0.3) is 0 Å². The molecule has 0 radical (unpaired) electrons. The minimum Gasteiger partial charge on any atom is -0.337 e. The van der Waals surface area contributed by atoms with Crippen LogP contribution >= 0.6 is 0 Å². The fraction of sp³-hybridized carbons (Fsp3) is 0.917. The van der Waals surface area contributed by atoms with Crippen LogP contribution in [0.1, 0.15) is 53.9 Å². The van der Waals surface area contributed by atoms with E-state index in [1.807, 2.05) is 0 Å². The lowest BCUT2D eigenvalue weighted by Gasteiger charge is -2.30. The van der Waals surface area contributed by atoms with Crippen LogP contribution in [0.4, 0.5) is 0 Å². The van der Waals surface area contributed by atoms with E-state index in [2.05, 4.69) is 39.5 Å². The van der Waals surface area contributed by atoms with Gasteiger partial charge in [0.2, 0.25) is 5.91 Å². The van der Waals surface area contributed by atoms with Gasteiger partial charge in [-0.2, -0.15) is 0 Å². The van der Waals surface area contributed by atoms with Crippen LogP contribution in [-0.4, -0.2) is 22.9 Å². The van der Waals surface area contributed by atoms with Crippen LogP contribution in [0.25, 0.3) is 0 Å². The van der Waals surface area contributed by atoms with Crippen molar-refractivity contribution in [2.24, 2.45) is 5.41 Å². The molecule has 1 saturated carbocycles. The third-order valence-electron chi connectivity index (χ3n) is 2.47. The van der Waals surface area contributed by atoms with E-state index in [-0.39, 0.29) is 5.41 Å². The maximum absolute atomic E-state index is 12.0. The second-order valence-corrected chi connectivity index (χ2v) is 5.86. The summed E-state index contributed by atoms with van der Waals surface area (Å²) in [5.41, 5.74) is 0.110. The predicted molar refractivity (Wildman–Crippen MR) is 59.1 cm³/mol. The Morgan fingerprint density at radius 3 is 2.14 bits per heavy atom. The Morgan fingerprint density at radius 2 is 1.86 bits per heavy atom. The van der Waals surface area contributed by atoms with E-state index in [1.165, 1.54) is 12.8 Å². The van der Waals surface area contributed by atoms with Crippen LogP contribution in [-0.2, 0) is 4.79 Å². The van der Waals surface area contributed by atoms with E-state index >= 15 is 0 Å². The van der Waals surface area contributed by atoms with Crippen LogP contribution in [0.3, 0.4) is 0 Å². The molecule has 82 valence electrons. The molecule has 0 heterocycles. The Labute approximate surface area is 87.7 Å². The van der Waals surface area contributed by atoms with Crippen molar-refractivity contribution in [1.82, 2.24) is 4.90 Å². The van der Waals surface area contributed by atoms with Crippen LogP contribution in [0.2, 0.25) is 0 Å². The van der Waals surface area contributed by atoms with Crippen molar-refractivity contribution in [2.45, 2.75) is 66.0 Å². The quantitative estimate of drug-likeness (QED) is 0.681. The van der Waals surface area contributed by atoms with E-state index in [9.17, 15) is 4.79 Å². The second-order valence-electron chi connectivity index (χ2n) is 5.86. The van der Waals surface area contributed by atoms with Gasteiger partial charge < -0.3 is 4.90 Å². The Morgan fingerprint density at radius 1 is 1.36 bits per heavy atom. The van der Waals surface area contributed by atoms with Gasteiger partial charge in [0.05, 0.1) is 0 Å².